The van der Waals surface area contributed by atoms with Gasteiger partial charge in [0.05, 0.1) is 12.1 Å². The summed E-state index contributed by atoms with van der Waals surface area (Å²) in [4.78, 5) is 13.2. The van der Waals surface area contributed by atoms with Gasteiger partial charge in [-0.2, -0.15) is 0 Å². The molecule has 1 aromatic carbocycles. The van der Waals surface area contributed by atoms with E-state index < -0.39 is 0 Å². The van der Waals surface area contributed by atoms with E-state index in [0.29, 0.717) is 22.8 Å². The molecular weight excluding hydrogens is 280 g/mol. The van der Waals surface area contributed by atoms with Gasteiger partial charge in [0.15, 0.2) is 0 Å². The summed E-state index contributed by atoms with van der Waals surface area (Å²) in [6, 6.07) is 6.97. The minimum absolute atomic E-state index is 0.176. The van der Waals surface area contributed by atoms with E-state index in [-0.39, 0.29) is 5.91 Å². The molecule has 0 aliphatic carbocycles. The molecular formula is C14H15ClN2OS. The minimum atomic E-state index is -0.176. The Bertz CT molecular complexity index is 595. The molecule has 1 amide bonds. The third-order valence-corrected chi connectivity index (χ3v) is 4.08. The van der Waals surface area contributed by atoms with Crippen LogP contribution in [-0.2, 0) is 13.0 Å². The number of hydrogen-bond donors (Lipinski definition) is 2. The summed E-state index contributed by atoms with van der Waals surface area (Å²) in [6.07, 6.45) is 0.970. The fourth-order valence-electron chi connectivity index (χ4n) is 1.83. The van der Waals surface area contributed by atoms with E-state index in [1.54, 1.807) is 29.5 Å². The first-order valence-electron chi connectivity index (χ1n) is 6.00. The van der Waals surface area contributed by atoms with Crippen molar-refractivity contribution in [3.05, 3.63) is 50.7 Å². The predicted molar refractivity (Wildman–Crippen MR) is 80.7 cm³/mol. The fourth-order valence-corrected chi connectivity index (χ4v) is 2.93. The lowest BCUT2D eigenvalue weighted by atomic mass is 10.1. The second kappa shape index (κ2) is 6.08. The Labute approximate surface area is 121 Å². The number of amides is 1. The molecule has 0 fully saturated rings. The zero-order valence-corrected chi connectivity index (χ0v) is 12.1. The van der Waals surface area contributed by atoms with Crippen LogP contribution in [0.25, 0.3) is 0 Å². The standard InChI is InChI=1S/C14H15ClN2OS/c1-2-9-5-6-19-13(9)8-17-14(18)11-4-3-10(15)7-12(11)16/h3-7H,2,8,16H2,1H3,(H,17,18). The first-order valence-corrected chi connectivity index (χ1v) is 7.26. The third-order valence-electron chi connectivity index (χ3n) is 2.89. The maximum Gasteiger partial charge on any atom is 0.253 e. The van der Waals surface area contributed by atoms with E-state index >= 15 is 0 Å². The van der Waals surface area contributed by atoms with Gasteiger partial charge in [-0.15, -0.1) is 11.3 Å². The van der Waals surface area contributed by atoms with Crippen molar-refractivity contribution in [1.29, 1.82) is 0 Å². The van der Waals surface area contributed by atoms with Crippen molar-refractivity contribution in [2.45, 2.75) is 19.9 Å². The number of carbonyl (C=O) groups is 1. The molecule has 0 spiro atoms. The van der Waals surface area contributed by atoms with E-state index in [4.69, 9.17) is 17.3 Å². The van der Waals surface area contributed by atoms with Crippen molar-refractivity contribution in [2.24, 2.45) is 0 Å². The SMILES string of the molecule is CCc1ccsc1CNC(=O)c1ccc(Cl)cc1N. The number of halogens is 1. The van der Waals surface area contributed by atoms with Gasteiger partial charge in [-0.25, -0.2) is 0 Å². The Morgan fingerprint density at radius 2 is 2.21 bits per heavy atom. The van der Waals surface area contributed by atoms with Crippen molar-refractivity contribution in [3.8, 4) is 0 Å². The van der Waals surface area contributed by atoms with Gasteiger partial charge in [0.25, 0.3) is 5.91 Å². The summed E-state index contributed by atoms with van der Waals surface area (Å²) < 4.78 is 0. The lowest BCUT2D eigenvalue weighted by Gasteiger charge is -2.08. The number of anilines is 1. The molecule has 0 bridgehead atoms. The van der Waals surface area contributed by atoms with Crippen molar-refractivity contribution >= 4 is 34.5 Å². The van der Waals surface area contributed by atoms with Gasteiger partial charge in [-0.1, -0.05) is 18.5 Å². The van der Waals surface area contributed by atoms with Crippen LogP contribution in [0.1, 0.15) is 27.7 Å². The van der Waals surface area contributed by atoms with Crippen LogP contribution < -0.4 is 11.1 Å². The predicted octanol–water partition coefficient (Wildman–Crippen LogP) is 3.48. The van der Waals surface area contributed by atoms with Crippen LogP contribution in [0.15, 0.2) is 29.6 Å². The average molecular weight is 295 g/mol. The van der Waals surface area contributed by atoms with Crippen molar-refractivity contribution in [1.82, 2.24) is 5.32 Å². The molecule has 3 N–H and O–H groups in total. The molecule has 0 unspecified atom stereocenters. The Kier molecular flexibility index (Phi) is 4.45. The summed E-state index contributed by atoms with van der Waals surface area (Å²) in [6.45, 7) is 2.63. The largest absolute Gasteiger partial charge is 0.398 e. The average Bonchev–Trinajstić information content (AvgIpc) is 2.83. The molecule has 2 aromatic rings. The smallest absolute Gasteiger partial charge is 0.253 e. The molecule has 19 heavy (non-hydrogen) atoms. The Hall–Kier alpha value is -1.52. The zero-order chi connectivity index (χ0) is 13.8. The highest BCUT2D eigenvalue weighted by Crippen LogP contribution is 2.19. The number of thiophene rings is 1. The van der Waals surface area contributed by atoms with Gasteiger partial charge in [0, 0.05) is 15.6 Å². The van der Waals surface area contributed by atoms with Crippen LogP contribution in [0.5, 0.6) is 0 Å². The molecule has 0 atom stereocenters. The van der Waals surface area contributed by atoms with Gasteiger partial charge in [0.1, 0.15) is 0 Å². The quantitative estimate of drug-likeness (QED) is 0.848. The van der Waals surface area contributed by atoms with Gasteiger partial charge in [0.2, 0.25) is 0 Å². The van der Waals surface area contributed by atoms with Gasteiger partial charge in [-0.05, 0) is 41.6 Å². The lowest BCUT2D eigenvalue weighted by Crippen LogP contribution is -2.23. The van der Waals surface area contributed by atoms with E-state index in [1.165, 1.54) is 10.4 Å². The molecule has 1 aromatic heterocycles. The molecule has 0 saturated carbocycles. The van der Waals surface area contributed by atoms with E-state index in [0.717, 1.165) is 6.42 Å². The van der Waals surface area contributed by atoms with Gasteiger partial charge >= 0.3 is 0 Å². The number of nitrogen functional groups attached to an aromatic ring is 1. The molecule has 100 valence electrons. The zero-order valence-electron chi connectivity index (χ0n) is 10.6. The summed E-state index contributed by atoms with van der Waals surface area (Å²) in [5.74, 6) is -0.176. The second-order valence-corrected chi connectivity index (χ2v) is 5.57. The molecule has 2 rings (SSSR count). The van der Waals surface area contributed by atoms with Crippen molar-refractivity contribution in [3.63, 3.8) is 0 Å². The molecule has 0 aliphatic heterocycles. The van der Waals surface area contributed by atoms with Crippen LogP contribution in [0.4, 0.5) is 5.69 Å². The number of aryl methyl sites for hydroxylation is 1. The maximum atomic E-state index is 12.0. The van der Waals surface area contributed by atoms with E-state index in [1.807, 2.05) is 5.38 Å². The number of carbonyl (C=O) groups excluding carboxylic acids is 1. The summed E-state index contributed by atoms with van der Waals surface area (Å²) >= 11 is 7.46. The molecule has 0 saturated heterocycles. The van der Waals surface area contributed by atoms with Crippen LogP contribution in [-0.4, -0.2) is 5.91 Å². The molecule has 5 heteroatoms. The molecule has 3 nitrogen and oxygen atoms in total. The molecule has 1 heterocycles. The number of nitrogens with one attached hydrogen (secondary N) is 1. The van der Waals surface area contributed by atoms with Gasteiger partial charge < -0.3 is 11.1 Å². The van der Waals surface area contributed by atoms with Crippen LogP contribution in [0, 0.1) is 0 Å². The summed E-state index contributed by atoms with van der Waals surface area (Å²) in [5, 5.41) is 5.45. The van der Waals surface area contributed by atoms with E-state index in [2.05, 4.69) is 18.3 Å². The third kappa shape index (κ3) is 3.28. The van der Waals surface area contributed by atoms with Crippen LogP contribution in [0.2, 0.25) is 5.02 Å². The van der Waals surface area contributed by atoms with Crippen molar-refractivity contribution < 1.29 is 4.79 Å². The van der Waals surface area contributed by atoms with Crippen LogP contribution >= 0.6 is 22.9 Å². The Balaban J connectivity index is 2.05. The number of hydrogen-bond acceptors (Lipinski definition) is 3. The van der Waals surface area contributed by atoms with Gasteiger partial charge in [-0.3, -0.25) is 4.79 Å². The normalized spacial score (nSPS) is 10.4. The number of benzene rings is 1. The highest BCUT2D eigenvalue weighted by Gasteiger charge is 2.11. The first-order chi connectivity index (χ1) is 9.11. The molecule has 0 aliphatic rings. The topological polar surface area (TPSA) is 55.1 Å². The summed E-state index contributed by atoms with van der Waals surface area (Å²) in [7, 11) is 0. The lowest BCUT2D eigenvalue weighted by molar-refractivity contribution is 0.0952. The van der Waals surface area contributed by atoms with E-state index in [9.17, 15) is 4.79 Å². The minimum Gasteiger partial charge on any atom is -0.398 e. The maximum absolute atomic E-state index is 12.0. The monoisotopic (exact) mass is 294 g/mol. The van der Waals surface area contributed by atoms with Crippen molar-refractivity contribution in [2.75, 3.05) is 5.73 Å². The Morgan fingerprint density at radius 3 is 2.89 bits per heavy atom. The number of rotatable bonds is 4. The number of nitrogens with two attached hydrogens (primary N) is 1. The second-order valence-electron chi connectivity index (χ2n) is 4.14. The summed E-state index contributed by atoms with van der Waals surface area (Å²) in [5.41, 5.74) is 7.91. The fraction of sp³-hybridized carbons (Fsp3) is 0.214. The highest BCUT2D eigenvalue weighted by atomic mass is 35.5. The first kappa shape index (κ1) is 13.9. The molecule has 0 radical (unpaired) electrons. The highest BCUT2D eigenvalue weighted by molar-refractivity contribution is 7.10. The Morgan fingerprint density at radius 1 is 1.42 bits per heavy atom. The van der Waals surface area contributed by atoms with Crippen LogP contribution in [0.3, 0.4) is 0 Å².